The van der Waals surface area contributed by atoms with Crippen LogP contribution in [0.5, 0.6) is 0 Å². The molecule has 0 bridgehead atoms. The van der Waals surface area contributed by atoms with E-state index in [2.05, 4.69) is 15.4 Å². The quantitative estimate of drug-likeness (QED) is 0.742. The molecular weight excluding hydrogens is 224 g/mol. The third kappa shape index (κ3) is 2.66. The highest BCUT2D eigenvalue weighted by Crippen LogP contribution is 2.14. The maximum Gasteiger partial charge on any atom is 0.106 e. The fourth-order valence-electron chi connectivity index (χ4n) is 1.54. The summed E-state index contributed by atoms with van der Waals surface area (Å²) < 4.78 is 5.27. The fraction of sp³-hybridized carbons (Fsp3) is 0.400. The predicted molar refractivity (Wildman–Crippen MR) is 66.1 cm³/mol. The Balaban J connectivity index is 2.10. The summed E-state index contributed by atoms with van der Waals surface area (Å²) in [4.78, 5) is 4.43. The van der Waals surface area contributed by atoms with Gasteiger partial charge in [0, 0.05) is 24.8 Å². The molecule has 86 valence electrons. The highest BCUT2D eigenvalue weighted by Gasteiger charge is 2.12. The van der Waals surface area contributed by atoms with Crippen molar-refractivity contribution in [1.29, 1.82) is 0 Å². The van der Waals surface area contributed by atoms with Gasteiger partial charge in [-0.3, -0.25) is 4.98 Å². The molecule has 5 nitrogen and oxygen atoms in total. The lowest BCUT2D eigenvalue weighted by Crippen LogP contribution is -2.40. The smallest absolute Gasteiger partial charge is 0.106 e. The minimum Gasteiger partial charge on any atom is -0.389 e. The first-order valence-electron chi connectivity index (χ1n) is 5.10. The van der Waals surface area contributed by atoms with Gasteiger partial charge in [-0.1, -0.05) is 12.2 Å². The molecule has 1 aromatic rings. The van der Waals surface area contributed by atoms with Crippen LogP contribution in [-0.4, -0.2) is 41.3 Å². The van der Waals surface area contributed by atoms with Crippen LogP contribution in [0.2, 0.25) is 0 Å². The highest BCUT2D eigenvalue weighted by atomic mass is 32.1. The van der Waals surface area contributed by atoms with Gasteiger partial charge in [-0.25, -0.2) is 5.01 Å². The lowest BCUT2D eigenvalue weighted by atomic mass is 10.2. The van der Waals surface area contributed by atoms with Crippen LogP contribution >= 0.6 is 12.2 Å². The number of nitrogens with zero attached hydrogens (tertiary/aromatic N) is 2. The number of ether oxygens (including phenoxy) is 1. The molecule has 0 amide bonds. The zero-order chi connectivity index (χ0) is 11.4. The molecule has 1 fully saturated rings. The summed E-state index contributed by atoms with van der Waals surface area (Å²) in [5.41, 5.74) is 10.6. The van der Waals surface area contributed by atoms with E-state index < -0.39 is 0 Å². The maximum atomic E-state index is 5.64. The maximum absolute atomic E-state index is 5.64. The van der Waals surface area contributed by atoms with Crippen LogP contribution in [0.3, 0.4) is 0 Å². The normalized spacial score (nSPS) is 17.0. The molecule has 0 radical (unpaired) electrons. The number of pyridine rings is 1. The van der Waals surface area contributed by atoms with Gasteiger partial charge in [0.05, 0.1) is 25.1 Å². The van der Waals surface area contributed by atoms with Crippen molar-refractivity contribution in [2.24, 2.45) is 5.73 Å². The van der Waals surface area contributed by atoms with Gasteiger partial charge in [0.15, 0.2) is 0 Å². The van der Waals surface area contributed by atoms with Crippen LogP contribution in [0.25, 0.3) is 0 Å². The van der Waals surface area contributed by atoms with E-state index in [0.29, 0.717) is 4.99 Å². The van der Waals surface area contributed by atoms with E-state index in [1.807, 2.05) is 6.07 Å². The fourth-order valence-corrected chi connectivity index (χ4v) is 1.72. The van der Waals surface area contributed by atoms with Crippen molar-refractivity contribution in [2.75, 3.05) is 31.7 Å². The number of hydrogen-bond acceptors (Lipinski definition) is 5. The van der Waals surface area contributed by atoms with E-state index in [4.69, 9.17) is 22.7 Å². The Morgan fingerprint density at radius 2 is 2.25 bits per heavy atom. The van der Waals surface area contributed by atoms with Crippen molar-refractivity contribution >= 4 is 22.9 Å². The third-order valence-corrected chi connectivity index (χ3v) is 2.60. The lowest BCUT2D eigenvalue weighted by Gasteiger charge is -2.28. The molecule has 2 heterocycles. The number of aromatic nitrogens is 1. The molecule has 1 saturated heterocycles. The number of nitrogens with one attached hydrogen (secondary N) is 1. The molecule has 2 rings (SSSR count). The number of hydrogen-bond donors (Lipinski definition) is 2. The second-order valence-electron chi connectivity index (χ2n) is 3.50. The first-order chi connectivity index (χ1) is 7.77. The van der Waals surface area contributed by atoms with E-state index in [1.165, 1.54) is 0 Å². The Kier molecular flexibility index (Phi) is 3.66. The van der Waals surface area contributed by atoms with Gasteiger partial charge in [-0.15, -0.1) is 0 Å². The van der Waals surface area contributed by atoms with Gasteiger partial charge in [0.1, 0.15) is 4.99 Å². The molecule has 1 aromatic heterocycles. The molecule has 0 unspecified atom stereocenters. The first kappa shape index (κ1) is 11.3. The molecule has 0 spiro atoms. The molecular formula is C10H14N4OS. The van der Waals surface area contributed by atoms with E-state index in [9.17, 15) is 0 Å². The lowest BCUT2D eigenvalue weighted by molar-refractivity contribution is 0.0497. The minimum absolute atomic E-state index is 0.373. The molecule has 0 saturated carbocycles. The topological polar surface area (TPSA) is 63.4 Å². The van der Waals surface area contributed by atoms with Gasteiger partial charge in [0.25, 0.3) is 0 Å². The molecule has 1 aliphatic heterocycles. The van der Waals surface area contributed by atoms with E-state index >= 15 is 0 Å². The van der Waals surface area contributed by atoms with Crippen LogP contribution in [-0.2, 0) is 4.74 Å². The third-order valence-electron chi connectivity index (χ3n) is 2.38. The highest BCUT2D eigenvalue weighted by molar-refractivity contribution is 7.80. The molecule has 1 aliphatic rings. The molecule has 3 N–H and O–H groups in total. The second-order valence-corrected chi connectivity index (χ2v) is 3.94. The summed E-state index contributed by atoms with van der Waals surface area (Å²) in [6.07, 6.45) is 3.41. The van der Waals surface area contributed by atoms with Crippen molar-refractivity contribution in [3.8, 4) is 0 Å². The number of rotatable bonds is 3. The van der Waals surface area contributed by atoms with Gasteiger partial charge in [0.2, 0.25) is 0 Å². The standard InChI is InChI=1S/C10H14N4OS/c11-10(16)8-1-2-12-7-9(8)13-14-3-5-15-6-4-14/h1-2,7,13H,3-6H2,(H2,11,16). The Morgan fingerprint density at radius 3 is 2.94 bits per heavy atom. The van der Waals surface area contributed by atoms with Crippen LogP contribution in [0.15, 0.2) is 18.5 Å². The summed E-state index contributed by atoms with van der Waals surface area (Å²) in [5, 5.41) is 2.07. The van der Waals surface area contributed by atoms with E-state index in [0.717, 1.165) is 37.6 Å². The number of hydrazine groups is 1. The molecule has 0 aromatic carbocycles. The van der Waals surface area contributed by atoms with Gasteiger partial charge < -0.3 is 15.9 Å². The Morgan fingerprint density at radius 1 is 1.50 bits per heavy atom. The number of anilines is 1. The molecule has 6 heteroatoms. The number of nitrogens with two attached hydrogens (primary N) is 1. The summed E-state index contributed by atoms with van der Waals surface area (Å²) in [7, 11) is 0. The second kappa shape index (κ2) is 5.20. The van der Waals surface area contributed by atoms with Crippen molar-refractivity contribution in [1.82, 2.24) is 9.99 Å². The van der Waals surface area contributed by atoms with Crippen molar-refractivity contribution in [2.45, 2.75) is 0 Å². The number of morpholine rings is 1. The van der Waals surface area contributed by atoms with Crippen LogP contribution in [0.4, 0.5) is 5.69 Å². The zero-order valence-electron chi connectivity index (χ0n) is 8.85. The van der Waals surface area contributed by atoms with Crippen molar-refractivity contribution in [3.05, 3.63) is 24.0 Å². The first-order valence-corrected chi connectivity index (χ1v) is 5.51. The van der Waals surface area contributed by atoms with E-state index in [-0.39, 0.29) is 0 Å². The zero-order valence-corrected chi connectivity index (χ0v) is 9.67. The number of thiocarbonyl (C=S) groups is 1. The summed E-state index contributed by atoms with van der Waals surface area (Å²) in [6, 6.07) is 1.81. The van der Waals surface area contributed by atoms with Gasteiger partial charge >= 0.3 is 0 Å². The Bertz CT molecular complexity index is 379. The predicted octanol–water partition coefficient (Wildman–Crippen LogP) is 0.375. The molecule has 0 aliphatic carbocycles. The molecule has 0 atom stereocenters. The SMILES string of the molecule is NC(=S)c1ccncc1NN1CCOCC1. The average molecular weight is 238 g/mol. The largest absolute Gasteiger partial charge is 0.389 e. The Labute approximate surface area is 99.6 Å². The van der Waals surface area contributed by atoms with Gasteiger partial charge in [-0.05, 0) is 6.07 Å². The van der Waals surface area contributed by atoms with Gasteiger partial charge in [-0.2, -0.15) is 0 Å². The van der Waals surface area contributed by atoms with Crippen LogP contribution in [0.1, 0.15) is 5.56 Å². The monoisotopic (exact) mass is 238 g/mol. The molecule has 16 heavy (non-hydrogen) atoms. The van der Waals surface area contributed by atoms with Crippen LogP contribution < -0.4 is 11.2 Å². The van der Waals surface area contributed by atoms with Crippen LogP contribution in [0, 0.1) is 0 Å². The summed E-state index contributed by atoms with van der Waals surface area (Å²) in [5.74, 6) is 0. The summed E-state index contributed by atoms with van der Waals surface area (Å²) in [6.45, 7) is 3.14. The average Bonchev–Trinajstić information content (AvgIpc) is 2.31. The minimum atomic E-state index is 0.373. The Hall–Kier alpha value is -1.24. The van der Waals surface area contributed by atoms with E-state index in [1.54, 1.807) is 12.4 Å². The summed E-state index contributed by atoms with van der Waals surface area (Å²) >= 11 is 4.98. The van der Waals surface area contributed by atoms with Crippen molar-refractivity contribution < 1.29 is 4.74 Å². The van der Waals surface area contributed by atoms with Crippen molar-refractivity contribution in [3.63, 3.8) is 0 Å².